The summed E-state index contributed by atoms with van der Waals surface area (Å²) in [5.74, 6) is -0.147. The molecule has 1 heterocycles. The summed E-state index contributed by atoms with van der Waals surface area (Å²) in [6.45, 7) is 0.478. The first-order valence-corrected chi connectivity index (χ1v) is 8.54. The van der Waals surface area contributed by atoms with Crippen molar-refractivity contribution in [3.8, 4) is 0 Å². The molecular weight excluding hydrogens is 354 g/mol. The number of carbonyl (C=O) groups is 1. The predicted molar refractivity (Wildman–Crippen MR) is 101 cm³/mol. The molecule has 6 nitrogen and oxygen atoms in total. The van der Waals surface area contributed by atoms with Gasteiger partial charge in [-0.3, -0.25) is 19.5 Å². The van der Waals surface area contributed by atoms with Crippen molar-refractivity contribution in [2.75, 3.05) is 7.05 Å². The van der Waals surface area contributed by atoms with Crippen LogP contribution in [-0.4, -0.2) is 27.6 Å². The first-order chi connectivity index (χ1) is 12.5. The molecule has 0 saturated heterocycles. The molecule has 0 saturated carbocycles. The minimum Gasteiger partial charge on any atom is -0.341 e. The summed E-state index contributed by atoms with van der Waals surface area (Å²) in [7, 11) is 1.68. The Bertz CT molecular complexity index is 1070. The molecule has 1 aromatic heterocycles. The molecule has 0 spiro atoms. The zero-order valence-electron chi connectivity index (χ0n) is 14.2. The number of aryl methyl sites for hydroxylation is 1. The first-order valence-electron chi connectivity index (χ1n) is 8.16. The maximum Gasteiger partial charge on any atom is 0.273 e. The molecule has 3 aromatic rings. The van der Waals surface area contributed by atoms with Gasteiger partial charge in [-0.25, -0.2) is 4.68 Å². The molecule has 0 bridgehead atoms. The summed E-state index contributed by atoms with van der Waals surface area (Å²) in [5, 5.41) is 3.81. The van der Waals surface area contributed by atoms with Gasteiger partial charge in [0.2, 0.25) is 5.91 Å². The number of amides is 1. The van der Waals surface area contributed by atoms with Crippen LogP contribution < -0.4 is 11.1 Å². The fraction of sp³-hybridized carbons (Fsp3) is 0.211. The number of aromatic amines is 1. The van der Waals surface area contributed by atoms with Gasteiger partial charge in [0.05, 0.1) is 17.3 Å². The van der Waals surface area contributed by atoms with Crippen molar-refractivity contribution in [3.05, 3.63) is 79.8 Å². The van der Waals surface area contributed by atoms with Crippen LogP contribution in [0.3, 0.4) is 0 Å². The molecule has 0 aliphatic heterocycles. The van der Waals surface area contributed by atoms with Crippen molar-refractivity contribution in [2.45, 2.75) is 19.5 Å². The van der Waals surface area contributed by atoms with Gasteiger partial charge in [0.1, 0.15) is 0 Å². The highest BCUT2D eigenvalue weighted by atomic mass is 35.5. The number of rotatable bonds is 5. The van der Waals surface area contributed by atoms with Crippen LogP contribution in [0, 0.1) is 0 Å². The van der Waals surface area contributed by atoms with Crippen LogP contribution in [0.15, 0.2) is 58.1 Å². The van der Waals surface area contributed by atoms with Crippen LogP contribution in [0.25, 0.3) is 10.8 Å². The number of hydrogen-bond donors (Lipinski definition) is 1. The average molecular weight is 372 g/mol. The molecule has 0 aliphatic rings. The molecule has 0 atom stereocenters. The van der Waals surface area contributed by atoms with Crippen LogP contribution in [-0.2, 0) is 17.9 Å². The maximum atomic E-state index is 12.4. The lowest BCUT2D eigenvalue weighted by molar-refractivity contribution is -0.130. The van der Waals surface area contributed by atoms with E-state index in [0.717, 1.165) is 5.56 Å². The third-order valence-electron chi connectivity index (χ3n) is 4.22. The molecule has 0 unspecified atom stereocenters. The molecular formula is C19H18ClN3O3. The average Bonchev–Trinajstić information content (AvgIpc) is 2.65. The van der Waals surface area contributed by atoms with Crippen molar-refractivity contribution in [3.63, 3.8) is 0 Å². The zero-order chi connectivity index (χ0) is 18.7. The lowest BCUT2D eigenvalue weighted by atomic mass is 10.2. The normalized spacial score (nSPS) is 10.8. The minimum atomic E-state index is -0.350. The van der Waals surface area contributed by atoms with E-state index in [1.54, 1.807) is 42.3 Å². The standard InChI is InChI=1S/C19H18ClN3O3/c1-22(12-13-6-2-5-9-16(13)20)17(24)10-11-23-19(26)15-8-4-3-7-14(15)18(25)21-23/h2-9H,10-12H2,1H3,(H,21,25). The second kappa shape index (κ2) is 7.58. The van der Waals surface area contributed by atoms with Gasteiger partial charge in [-0.1, -0.05) is 41.9 Å². The molecule has 0 aliphatic carbocycles. The minimum absolute atomic E-state index is 0.0924. The third-order valence-corrected chi connectivity index (χ3v) is 4.59. The van der Waals surface area contributed by atoms with Crippen LogP contribution >= 0.6 is 11.6 Å². The zero-order valence-corrected chi connectivity index (χ0v) is 15.0. The third kappa shape index (κ3) is 3.70. The SMILES string of the molecule is CN(Cc1ccccc1Cl)C(=O)CCn1[nH]c(=O)c2ccccc2c1=O. The van der Waals surface area contributed by atoms with E-state index in [1.165, 1.54) is 4.68 Å². The topological polar surface area (TPSA) is 75.2 Å². The number of nitrogens with zero attached hydrogens (tertiary/aromatic N) is 2. The molecule has 1 N–H and O–H groups in total. The molecule has 1 amide bonds. The van der Waals surface area contributed by atoms with Crippen LogP contribution in [0.5, 0.6) is 0 Å². The Morgan fingerprint density at radius 1 is 1.08 bits per heavy atom. The number of H-pyrrole nitrogens is 1. The van der Waals surface area contributed by atoms with Gasteiger partial charge in [0, 0.05) is 25.0 Å². The number of hydrogen-bond acceptors (Lipinski definition) is 3. The highest BCUT2D eigenvalue weighted by Crippen LogP contribution is 2.16. The lowest BCUT2D eigenvalue weighted by Gasteiger charge is -2.18. The lowest BCUT2D eigenvalue weighted by Crippen LogP contribution is -2.33. The summed E-state index contributed by atoms with van der Waals surface area (Å²) >= 11 is 6.12. The van der Waals surface area contributed by atoms with Crippen LogP contribution in [0.4, 0.5) is 0 Å². The van der Waals surface area contributed by atoms with E-state index in [4.69, 9.17) is 11.6 Å². The van der Waals surface area contributed by atoms with E-state index in [-0.39, 0.29) is 30.0 Å². The Hall–Kier alpha value is -2.86. The number of halogens is 1. The van der Waals surface area contributed by atoms with Crippen molar-refractivity contribution in [1.29, 1.82) is 0 Å². The molecule has 2 aromatic carbocycles. The Balaban J connectivity index is 1.73. The highest BCUT2D eigenvalue weighted by molar-refractivity contribution is 6.31. The van der Waals surface area contributed by atoms with Crippen molar-refractivity contribution in [1.82, 2.24) is 14.7 Å². The summed E-state index contributed by atoms with van der Waals surface area (Å²) in [4.78, 5) is 38.4. The van der Waals surface area contributed by atoms with E-state index in [2.05, 4.69) is 5.10 Å². The van der Waals surface area contributed by atoms with E-state index >= 15 is 0 Å². The maximum absolute atomic E-state index is 12.4. The van der Waals surface area contributed by atoms with E-state index in [9.17, 15) is 14.4 Å². The van der Waals surface area contributed by atoms with Crippen LogP contribution in [0.1, 0.15) is 12.0 Å². The number of nitrogens with one attached hydrogen (secondary N) is 1. The summed E-state index contributed by atoms with van der Waals surface area (Å²) < 4.78 is 1.19. The van der Waals surface area contributed by atoms with Crippen LogP contribution in [0.2, 0.25) is 5.02 Å². The largest absolute Gasteiger partial charge is 0.341 e. The van der Waals surface area contributed by atoms with Gasteiger partial charge in [-0.2, -0.15) is 0 Å². The van der Waals surface area contributed by atoms with E-state index in [1.807, 2.05) is 18.2 Å². The summed E-state index contributed by atoms with van der Waals surface area (Å²) in [5.41, 5.74) is 0.181. The molecule has 0 radical (unpaired) electrons. The number of fused-ring (bicyclic) bond motifs is 1. The Labute approximate surface area is 154 Å². The van der Waals surface area contributed by atoms with Gasteiger partial charge in [-0.05, 0) is 23.8 Å². The fourth-order valence-electron chi connectivity index (χ4n) is 2.77. The first kappa shape index (κ1) is 17.9. The van der Waals surface area contributed by atoms with E-state index < -0.39 is 0 Å². The Morgan fingerprint density at radius 2 is 1.73 bits per heavy atom. The molecule has 3 rings (SSSR count). The van der Waals surface area contributed by atoms with Crippen molar-refractivity contribution in [2.24, 2.45) is 0 Å². The summed E-state index contributed by atoms with van der Waals surface area (Å²) in [6.07, 6.45) is 0.0924. The second-order valence-corrected chi connectivity index (χ2v) is 6.44. The predicted octanol–water partition coefficient (Wildman–Crippen LogP) is 2.39. The number of benzene rings is 2. The monoisotopic (exact) mass is 371 g/mol. The highest BCUT2D eigenvalue weighted by Gasteiger charge is 2.13. The van der Waals surface area contributed by atoms with Crippen molar-refractivity contribution >= 4 is 28.3 Å². The van der Waals surface area contributed by atoms with Gasteiger partial charge in [-0.15, -0.1) is 0 Å². The quantitative estimate of drug-likeness (QED) is 0.748. The van der Waals surface area contributed by atoms with Gasteiger partial charge >= 0.3 is 0 Å². The molecule has 134 valence electrons. The van der Waals surface area contributed by atoms with Gasteiger partial charge in [0.15, 0.2) is 0 Å². The van der Waals surface area contributed by atoms with Crippen molar-refractivity contribution < 1.29 is 4.79 Å². The summed E-state index contributed by atoms with van der Waals surface area (Å²) in [6, 6.07) is 13.9. The van der Waals surface area contributed by atoms with Gasteiger partial charge < -0.3 is 4.90 Å². The van der Waals surface area contributed by atoms with E-state index in [0.29, 0.717) is 22.3 Å². The Morgan fingerprint density at radius 3 is 2.46 bits per heavy atom. The second-order valence-electron chi connectivity index (χ2n) is 6.03. The molecule has 26 heavy (non-hydrogen) atoms. The molecule has 7 heteroatoms. The molecule has 0 fully saturated rings. The fourth-order valence-corrected chi connectivity index (χ4v) is 2.97. The number of aromatic nitrogens is 2. The van der Waals surface area contributed by atoms with Gasteiger partial charge in [0.25, 0.3) is 11.1 Å². The smallest absolute Gasteiger partial charge is 0.273 e. The Kier molecular flexibility index (Phi) is 5.23. The number of carbonyl (C=O) groups excluding carboxylic acids is 1.